The highest BCUT2D eigenvalue weighted by Crippen LogP contribution is 2.29. The molecule has 1 unspecified atom stereocenters. The van der Waals surface area contributed by atoms with Crippen LogP contribution in [0.5, 0.6) is 5.75 Å². The van der Waals surface area contributed by atoms with Gasteiger partial charge in [0.1, 0.15) is 5.75 Å². The molecule has 0 aliphatic rings. The Bertz CT molecular complexity index is 398. The third-order valence-electron chi connectivity index (χ3n) is 3.06. The molecule has 1 atom stereocenters. The summed E-state index contributed by atoms with van der Waals surface area (Å²) in [5, 5.41) is 4.15. The molecule has 0 aliphatic heterocycles. The predicted molar refractivity (Wildman–Crippen MR) is 83.1 cm³/mol. The quantitative estimate of drug-likeness (QED) is 0.808. The normalized spacial score (nSPS) is 13.4. The van der Waals surface area contributed by atoms with Crippen molar-refractivity contribution in [3.63, 3.8) is 0 Å². The molecule has 3 heteroatoms. The van der Waals surface area contributed by atoms with Crippen LogP contribution < -0.4 is 10.1 Å². The first-order chi connectivity index (χ1) is 8.83. The second kappa shape index (κ2) is 7.16. The monoisotopic (exact) mass is 283 g/mol. The molecule has 19 heavy (non-hydrogen) atoms. The van der Waals surface area contributed by atoms with Gasteiger partial charge < -0.3 is 10.1 Å². The van der Waals surface area contributed by atoms with Crippen LogP contribution in [0, 0.1) is 5.41 Å². The van der Waals surface area contributed by atoms with Gasteiger partial charge in [0.15, 0.2) is 0 Å². The van der Waals surface area contributed by atoms with Gasteiger partial charge in [0.25, 0.3) is 0 Å². The van der Waals surface area contributed by atoms with E-state index in [2.05, 4.69) is 39.9 Å². The number of rotatable bonds is 6. The van der Waals surface area contributed by atoms with Gasteiger partial charge in [0, 0.05) is 16.6 Å². The molecule has 0 spiro atoms. The molecule has 0 aliphatic carbocycles. The summed E-state index contributed by atoms with van der Waals surface area (Å²) >= 11 is 6.08. The van der Waals surface area contributed by atoms with Crippen LogP contribution in [0.15, 0.2) is 18.2 Å². The molecule has 1 N–H and O–H groups in total. The average molecular weight is 284 g/mol. The van der Waals surface area contributed by atoms with Gasteiger partial charge in [0.2, 0.25) is 0 Å². The smallest absolute Gasteiger partial charge is 0.124 e. The zero-order valence-electron chi connectivity index (χ0n) is 12.7. The van der Waals surface area contributed by atoms with Crippen LogP contribution in [0.25, 0.3) is 0 Å². The largest absolute Gasteiger partial charge is 0.493 e. The van der Waals surface area contributed by atoms with Crippen molar-refractivity contribution in [2.45, 2.75) is 47.1 Å². The van der Waals surface area contributed by atoms with E-state index in [4.69, 9.17) is 16.3 Å². The maximum Gasteiger partial charge on any atom is 0.124 e. The maximum atomic E-state index is 6.08. The number of ether oxygens (including phenoxy) is 1. The van der Waals surface area contributed by atoms with Crippen molar-refractivity contribution in [2.75, 3.05) is 13.2 Å². The molecule has 0 fully saturated rings. The second-order valence-electron chi connectivity index (χ2n) is 6.12. The zero-order chi connectivity index (χ0) is 14.5. The Morgan fingerprint density at radius 3 is 2.58 bits per heavy atom. The number of nitrogens with one attached hydrogen (secondary N) is 1. The van der Waals surface area contributed by atoms with Crippen molar-refractivity contribution < 1.29 is 4.74 Å². The summed E-state index contributed by atoms with van der Waals surface area (Å²) in [6.45, 7) is 12.6. The van der Waals surface area contributed by atoms with E-state index in [1.165, 1.54) is 0 Å². The van der Waals surface area contributed by atoms with Crippen molar-refractivity contribution in [3.05, 3.63) is 28.8 Å². The molecule has 1 aromatic carbocycles. The Morgan fingerprint density at radius 1 is 1.32 bits per heavy atom. The number of hydrogen-bond donors (Lipinski definition) is 1. The first kappa shape index (κ1) is 16.3. The molecule has 0 radical (unpaired) electrons. The van der Waals surface area contributed by atoms with E-state index in [1.807, 2.05) is 18.2 Å². The van der Waals surface area contributed by atoms with Crippen LogP contribution >= 0.6 is 11.6 Å². The third kappa shape index (κ3) is 5.84. The van der Waals surface area contributed by atoms with Crippen LogP contribution in [-0.4, -0.2) is 13.2 Å². The van der Waals surface area contributed by atoms with Gasteiger partial charge in [0.05, 0.1) is 6.61 Å². The molecule has 0 amide bonds. The van der Waals surface area contributed by atoms with E-state index in [0.717, 1.165) is 35.9 Å². The lowest BCUT2D eigenvalue weighted by Gasteiger charge is -2.21. The Balaban J connectivity index is 2.76. The highest BCUT2D eigenvalue weighted by atomic mass is 35.5. The maximum absolute atomic E-state index is 6.08. The van der Waals surface area contributed by atoms with E-state index in [9.17, 15) is 0 Å². The van der Waals surface area contributed by atoms with Gasteiger partial charge in [-0.15, -0.1) is 0 Å². The Morgan fingerprint density at radius 2 is 2.00 bits per heavy atom. The Hall–Kier alpha value is -0.730. The van der Waals surface area contributed by atoms with Gasteiger partial charge in [-0.05, 0) is 43.5 Å². The molecule has 0 aromatic heterocycles. The summed E-state index contributed by atoms with van der Waals surface area (Å²) in [7, 11) is 0. The van der Waals surface area contributed by atoms with Gasteiger partial charge in [-0.3, -0.25) is 0 Å². The minimum Gasteiger partial charge on any atom is -0.493 e. The minimum absolute atomic E-state index is 0.244. The number of halogens is 1. The molecule has 2 nitrogen and oxygen atoms in total. The van der Waals surface area contributed by atoms with Gasteiger partial charge in [-0.25, -0.2) is 0 Å². The molecule has 0 saturated carbocycles. The van der Waals surface area contributed by atoms with Crippen molar-refractivity contribution >= 4 is 11.6 Å². The fourth-order valence-corrected chi connectivity index (χ4v) is 2.05. The van der Waals surface area contributed by atoms with Crippen LogP contribution in [0.4, 0.5) is 0 Å². The van der Waals surface area contributed by atoms with E-state index < -0.39 is 0 Å². The number of hydrogen-bond acceptors (Lipinski definition) is 2. The molecule has 108 valence electrons. The predicted octanol–water partition coefficient (Wildman–Crippen LogP) is 4.83. The van der Waals surface area contributed by atoms with Gasteiger partial charge >= 0.3 is 0 Å². The average Bonchev–Trinajstić information content (AvgIpc) is 2.29. The van der Waals surface area contributed by atoms with Gasteiger partial charge in [-0.2, -0.15) is 0 Å². The number of benzene rings is 1. The van der Waals surface area contributed by atoms with Crippen LogP contribution in [0.2, 0.25) is 5.02 Å². The Labute approximate surface area is 122 Å². The topological polar surface area (TPSA) is 21.3 Å². The molecule has 0 saturated heterocycles. The summed E-state index contributed by atoms with van der Waals surface area (Å²) < 4.78 is 5.94. The SMILES string of the molecule is CCNC(C)c1cc(Cl)ccc1OCCC(C)(C)C. The van der Waals surface area contributed by atoms with E-state index in [1.54, 1.807) is 0 Å². The van der Waals surface area contributed by atoms with Crippen LogP contribution in [-0.2, 0) is 0 Å². The molecule has 1 rings (SSSR count). The molecule has 1 aromatic rings. The summed E-state index contributed by atoms with van der Waals surface area (Å²) in [4.78, 5) is 0. The zero-order valence-corrected chi connectivity index (χ0v) is 13.5. The summed E-state index contributed by atoms with van der Waals surface area (Å²) in [6, 6.07) is 6.08. The molecular weight excluding hydrogens is 258 g/mol. The van der Waals surface area contributed by atoms with E-state index in [0.29, 0.717) is 5.41 Å². The lowest BCUT2D eigenvalue weighted by atomic mass is 9.93. The summed E-state index contributed by atoms with van der Waals surface area (Å²) in [5.74, 6) is 0.932. The fraction of sp³-hybridized carbons (Fsp3) is 0.625. The first-order valence-corrected chi connectivity index (χ1v) is 7.37. The minimum atomic E-state index is 0.244. The lowest BCUT2D eigenvalue weighted by molar-refractivity contribution is 0.240. The van der Waals surface area contributed by atoms with Crippen molar-refractivity contribution in [3.8, 4) is 5.75 Å². The highest BCUT2D eigenvalue weighted by Gasteiger charge is 2.14. The summed E-state index contributed by atoms with van der Waals surface area (Å²) in [5.41, 5.74) is 1.42. The standard InChI is InChI=1S/C16H26ClNO/c1-6-18-12(2)14-11-13(17)7-8-15(14)19-10-9-16(3,4)5/h7-8,11-12,18H,6,9-10H2,1-5H3. The van der Waals surface area contributed by atoms with Crippen molar-refractivity contribution in [1.82, 2.24) is 5.32 Å². The Kier molecular flexibility index (Phi) is 6.15. The fourth-order valence-electron chi connectivity index (χ4n) is 1.87. The molecular formula is C16H26ClNO. The van der Waals surface area contributed by atoms with E-state index >= 15 is 0 Å². The first-order valence-electron chi connectivity index (χ1n) is 6.99. The summed E-state index contributed by atoms with van der Waals surface area (Å²) in [6.07, 6.45) is 1.03. The molecule has 0 bridgehead atoms. The van der Waals surface area contributed by atoms with Crippen LogP contribution in [0.1, 0.15) is 52.6 Å². The third-order valence-corrected chi connectivity index (χ3v) is 3.29. The van der Waals surface area contributed by atoms with Crippen molar-refractivity contribution in [2.24, 2.45) is 5.41 Å². The van der Waals surface area contributed by atoms with Gasteiger partial charge in [-0.1, -0.05) is 39.3 Å². The van der Waals surface area contributed by atoms with Crippen molar-refractivity contribution in [1.29, 1.82) is 0 Å². The van der Waals surface area contributed by atoms with E-state index in [-0.39, 0.29) is 6.04 Å². The van der Waals surface area contributed by atoms with Crippen LogP contribution in [0.3, 0.4) is 0 Å². The molecule has 0 heterocycles. The second-order valence-corrected chi connectivity index (χ2v) is 6.56. The lowest BCUT2D eigenvalue weighted by Crippen LogP contribution is -2.19. The highest BCUT2D eigenvalue weighted by molar-refractivity contribution is 6.30.